The van der Waals surface area contributed by atoms with Gasteiger partial charge in [-0.2, -0.15) is 0 Å². The maximum absolute atomic E-state index is 13.9. The molecule has 8 nitrogen and oxygen atoms in total. The first-order valence-electron chi connectivity index (χ1n) is 13.7. The van der Waals surface area contributed by atoms with E-state index in [-0.39, 0.29) is 17.1 Å². The Bertz CT molecular complexity index is 1540. The van der Waals surface area contributed by atoms with Gasteiger partial charge in [-0.25, -0.2) is 0 Å². The zero-order chi connectivity index (χ0) is 27.5. The molecule has 3 heterocycles. The van der Waals surface area contributed by atoms with E-state index in [1.54, 1.807) is 23.1 Å². The number of hydrogen-bond acceptors (Lipinski definition) is 7. The Labute approximate surface area is 232 Å². The Morgan fingerprint density at radius 2 is 1.62 bits per heavy atom. The van der Waals surface area contributed by atoms with Crippen LogP contribution >= 0.6 is 0 Å². The average Bonchev–Trinajstić information content (AvgIpc) is 3.27. The van der Waals surface area contributed by atoms with E-state index < -0.39 is 6.04 Å². The molecule has 1 unspecified atom stereocenters. The molecule has 3 aromatic carbocycles. The van der Waals surface area contributed by atoms with Gasteiger partial charge in [0.2, 0.25) is 5.76 Å². The Hall–Kier alpha value is -4.14. The van der Waals surface area contributed by atoms with E-state index in [4.69, 9.17) is 18.6 Å². The molecule has 0 spiro atoms. The molecule has 206 valence electrons. The van der Waals surface area contributed by atoms with Gasteiger partial charge in [0.05, 0.1) is 36.8 Å². The summed E-state index contributed by atoms with van der Waals surface area (Å²) in [6.45, 7) is 6.95. The molecular formula is C32H32N2O6. The summed E-state index contributed by atoms with van der Waals surface area (Å²) in [7, 11) is 0. The summed E-state index contributed by atoms with van der Waals surface area (Å²) in [6.07, 6.45) is 0. The Morgan fingerprint density at radius 3 is 2.38 bits per heavy atom. The number of benzene rings is 3. The molecule has 2 aliphatic rings. The topological polar surface area (TPSA) is 81.5 Å². The normalized spacial score (nSPS) is 17.3. The Balaban J connectivity index is 1.34. The molecule has 0 saturated carbocycles. The molecule has 1 saturated heterocycles. The van der Waals surface area contributed by atoms with E-state index in [9.17, 15) is 9.59 Å². The van der Waals surface area contributed by atoms with E-state index in [1.807, 2.05) is 61.5 Å². The third kappa shape index (κ3) is 5.20. The van der Waals surface area contributed by atoms with Gasteiger partial charge in [0.15, 0.2) is 5.43 Å². The average molecular weight is 541 g/mol. The van der Waals surface area contributed by atoms with Crippen LogP contribution in [0.2, 0.25) is 0 Å². The van der Waals surface area contributed by atoms with Crippen molar-refractivity contribution in [3.05, 3.63) is 105 Å². The molecule has 0 bridgehead atoms. The van der Waals surface area contributed by atoms with Crippen LogP contribution in [-0.2, 0) is 11.3 Å². The molecule has 2 aliphatic heterocycles. The van der Waals surface area contributed by atoms with E-state index >= 15 is 0 Å². The van der Waals surface area contributed by atoms with Gasteiger partial charge in [-0.15, -0.1) is 0 Å². The number of hydrogen-bond donors (Lipinski definition) is 0. The summed E-state index contributed by atoms with van der Waals surface area (Å²) in [5, 5.41) is 0.429. The quantitative estimate of drug-likeness (QED) is 0.306. The summed E-state index contributed by atoms with van der Waals surface area (Å²) in [6, 6.07) is 22.2. The Morgan fingerprint density at radius 1 is 0.875 bits per heavy atom. The van der Waals surface area contributed by atoms with Crippen molar-refractivity contribution in [2.24, 2.45) is 0 Å². The van der Waals surface area contributed by atoms with E-state index in [2.05, 4.69) is 4.90 Å². The molecule has 4 aromatic rings. The fourth-order valence-electron chi connectivity index (χ4n) is 5.39. The largest absolute Gasteiger partial charge is 0.494 e. The monoisotopic (exact) mass is 540 g/mol. The van der Waals surface area contributed by atoms with Crippen LogP contribution in [-0.4, -0.2) is 61.7 Å². The van der Waals surface area contributed by atoms with Gasteiger partial charge in [-0.3, -0.25) is 14.5 Å². The van der Waals surface area contributed by atoms with Crippen LogP contribution in [0.4, 0.5) is 0 Å². The molecule has 1 atom stereocenters. The molecule has 0 N–H and O–H groups in total. The highest BCUT2D eigenvalue weighted by atomic mass is 16.5. The molecule has 8 heteroatoms. The molecule has 0 aliphatic carbocycles. The van der Waals surface area contributed by atoms with Gasteiger partial charge >= 0.3 is 0 Å². The fraction of sp³-hybridized carbons (Fsp3) is 0.312. The lowest BCUT2D eigenvalue weighted by Crippen LogP contribution is -2.42. The second-order valence-corrected chi connectivity index (χ2v) is 9.96. The number of amides is 1. The predicted octanol–water partition coefficient (Wildman–Crippen LogP) is 4.65. The highest BCUT2D eigenvalue weighted by Crippen LogP contribution is 2.39. The first-order chi connectivity index (χ1) is 19.6. The number of carbonyl (C=O) groups excluding carboxylic acids is 1. The minimum Gasteiger partial charge on any atom is -0.494 e. The summed E-state index contributed by atoms with van der Waals surface area (Å²) in [5.41, 5.74) is 2.44. The third-order valence-electron chi connectivity index (χ3n) is 7.46. The maximum atomic E-state index is 13.9. The van der Waals surface area contributed by atoms with Crippen LogP contribution in [0.5, 0.6) is 11.5 Å². The first-order valence-corrected chi connectivity index (χ1v) is 13.7. The number of carbonyl (C=O) groups is 1. The minimum absolute atomic E-state index is 0.0996. The minimum atomic E-state index is -0.557. The number of fused-ring (bicyclic) bond motifs is 2. The molecular weight excluding hydrogens is 508 g/mol. The first kappa shape index (κ1) is 26.1. The number of morpholine rings is 1. The Kier molecular flexibility index (Phi) is 7.53. The zero-order valence-electron chi connectivity index (χ0n) is 22.5. The van der Waals surface area contributed by atoms with Crippen molar-refractivity contribution in [1.82, 2.24) is 9.80 Å². The lowest BCUT2D eigenvalue weighted by atomic mass is 9.98. The number of ether oxygens (including phenoxy) is 3. The summed E-state index contributed by atoms with van der Waals surface area (Å²) >= 11 is 0. The molecule has 40 heavy (non-hydrogen) atoms. The second-order valence-electron chi connectivity index (χ2n) is 9.96. The van der Waals surface area contributed by atoms with Gasteiger partial charge in [0.1, 0.15) is 23.7 Å². The number of nitrogens with zero attached hydrogens (tertiary/aromatic N) is 2. The van der Waals surface area contributed by atoms with Gasteiger partial charge in [-0.1, -0.05) is 42.5 Å². The lowest BCUT2D eigenvalue weighted by Gasteiger charge is -2.31. The van der Waals surface area contributed by atoms with Crippen LogP contribution in [0.15, 0.2) is 82.0 Å². The second kappa shape index (κ2) is 11.5. The molecule has 1 fully saturated rings. The molecule has 1 aromatic heterocycles. The van der Waals surface area contributed by atoms with E-state index in [1.165, 1.54) is 0 Å². The molecule has 6 rings (SSSR count). The molecule has 1 amide bonds. The van der Waals surface area contributed by atoms with Gasteiger partial charge < -0.3 is 23.5 Å². The number of rotatable bonds is 9. The highest BCUT2D eigenvalue weighted by molar-refractivity contribution is 5.99. The highest BCUT2D eigenvalue weighted by Gasteiger charge is 2.42. The third-order valence-corrected chi connectivity index (χ3v) is 7.46. The van der Waals surface area contributed by atoms with Gasteiger partial charge in [0, 0.05) is 32.2 Å². The van der Waals surface area contributed by atoms with Crippen LogP contribution in [0.3, 0.4) is 0 Å². The van der Waals surface area contributed by atoms with Crippen LogP contribution in [0.1, 0.15) is 40.2 Å². The van der Waals surface area contributed by atoms with Gasteiger partial charge in [0.25, 0.3) is 5.91 Å². The summed E-state index contributed by atoms with van der Waals surface area (Å²) in [4.78, 5) is 31.7. The van der Waals surface area contributed by atoms with Gasteiger partial charge in [-0.05, 0) is 42.3 Å². The van der Waals surface area contributed by atoms with E-state index in [0.717, 1.165) is 24.2 Å². The smallest absolute Gasteiger partial charge is 0.290 e. The van der Waals surface area contributed by atoms with Crippen molar-refractivity contribution in [3.63, 3.8) is 0 Å². The van der Waals surface area contributed by atoms with Crippen molar-refractivity contribution in [3.8, 4) is 11.5 Å². The van der Waals surface area contributed by atoms with Crippen molar-refractivity contribution >= 4 is 16.9 Å². The predicted molar refractivity (Wildman–Crippen MR) is 151 cm³/mol. The van der Waals surface area contributed by atoms with Crippen LogP contribution in [0.25, 0.3) is 11.0 Å². The zero-order valence-corrected chi connectivity index (χ0v) is 22.5. The lowest BCUT2D eigenvalue weighted by molar-refractivity contribution is 0.0314. The summed E-state index contributed by atoms with van der Waals surface area (Å²) < 4.78 is 23.2. The SMILES string of the molecule is CCOc1ccc2c(=O)c3c(oc2c1)C(=O)N(CCN1CCOCC1)C3c1ccc(OCc2ccccc2)cc1. The standard InChI is InChI=1S/C32H32N2O6/c1-2-38-25-12-13-26-27(20-25)40-31-28(30(26)35)29(34(32(31)36)15-14-33-16-18-37-19-17-33)23-8-10-24(11-9-23)39-21-22-6-4-3-5-7-22/h3-13,20,29H,2,14-19,21H2,1H3. The van der Waals surface area contributed by atoms with Crippen molar-refractivity contribution in [2.75, 3.05) is 46.0 Å². The van der Waals surface area contributed by atoms with Crippen LogP contribution in [0, 0.1) is 0 Å². The molecule has 0 radical (unpaired) electrons. The summed E-state index contributed by atoms with van der Waals surface area (Å²) in [5.74, 6) is 1.13. The van der Waals surface area contributed by atoms with Crippen LogP contribution < -0.4 is 14.9 Å². The van der Waals surface area contributed by atoms with Crippen molar-refractivity contribution in [1.29, 1.82) is 0 Å². The maximum Gasteiger partial charge on any atom is 0.290 e. The fourth-order valence-corrected chi connectivity index (χ4v) is 5.39. The van der Waals surface area contributed by atoms with E-state index in [0.29, 0.717) is 67.5 Å². The van der Waals surface area contributed by atoms with Crippen molar-refractivity contribution in [2.45, 2.75) is 19.6 Å². The van der Waals surface area contributed by atoms with Crippen molar-refractivity contribution < 1.29 is 23.4 Å².